The number of aliphatic carboxylic acids is 2. The van der Waals surface area contributed by atoms with Gasteiger partial charge in [-0.1, -0.05) is 30.3 Å². The van der Waals surface area contributed by atoms with Crippen LogP contribution in [0.25, 0.3) is 0 Å². The minimum absolute atomic E-state index is 0.0403. The van der Waals surface area contributed by atoms with Crippen molar-refractivity contribution >= 4 is 23.8 Å². The number of carbonyl (C=O) groups excluding carboxylic acids is 3. The van der Waals surface area contributed by atoms with Crippen LogP contribution in [0, 0.1) is 0 Å². The highest BCUT2D eigenvalue weighted by Gasteiger charge is 2.36. The van der Waals surface area contributed by atoms with E-state index in [1.165, 1.54) is 9.80 Å². The maximum Gasteiger partial charge on any atom is 0.351 e. The van der Waals surface area contributed by atoms with Crippen LogP contribution in [0.15, 0.2) is 30.3 Å². The Morgan fingerprint density at radius 2 is 1.78 bits per heavy atom. The maximum atomic E-state index is 12.3. The number of carbonyl (C=O) groups is 4. The lowest BCUT2D eigenvalue weighted by molar-refractivity contribution is -0.900. The molecule has 9 heteroatoms. The van der Waals surface area contributed by atoms with E-state index < -0.39 is 11.9 Å². The zero-order valence-electron chi connectivity index (χ0n) is 14.8. The van der Waals surface area contributed by atoms with Crippen LogP contribution in [0.3, 0.4) is 0 Å². The molecule has 0 aromatic heterocycles. The Balaban J connectivity index is 0.000000380. The van der Waals surface area contributed by atoms with Gasteiger partial charge in [0.25, 0.3) is 5.91 Å². The second kappa shape index (κ2) is 9.79. The zero-order chi connectivity index (χ0) is 19.8. The average molecular weight is 378 g/mol. The topological polar surface area (TPSA) is 128 Å². The van der Waals surface area contributed by atoms with Crippen LogP contribution in [0.2, 0.25) is 0 Å². The molecule has 0 saturated carbocycles. The van der Waals surface area contributed by atoms with Crippen LogP contribution < -0.4 is 10.0 Å². The molecule has 9 nitrogen and oxygen atoms in total. The summed E-state index contributed by atoms with van der Waals surface area (Å²) in [6.45, 7) is 4.00. The van der Waals surface area contributed by atoms with E-state index in [2.05, 4.69) is 0 Å². The average Bonchev–Trinajstić information content (AvgIpc) is 3.05. The van der Waals surface area contributed by atoms with Gasteiger partial charge >= 0.3 is 5.97 Å². The Labute approximate surface area is 156 Å². The molecule has 2 aliphatic heterocycles. The molecule has 2 amide bonds. The Hall–Kier alpha value is -2.78. The van der Waals surface area contributed by atoms with Gasteiger partial charge in [0.2, 0.25) is 5.91 Å². The molecule has 2 fully saturated rings. The van der Waals surface area contributed by atoms with E-state index in [1.807, 2.05) is 30.3 Å². The Morgan fingerprint density at radius 1 is 1.19 bits per heavy atom. The lowest BCUT2D eigenvalue weighted by Crippen LogP contribution is -3.15. The van der Waals surface area contributed by atoms with Crippen molar-refractivity contribution in [3.8, 4) is 0 Å². The number of nitrogens with zero attached hydrogens (tertiary/aromatic N) is 1. The zero-order valence-corrected chi connectivity index (χ0v) is 14.8. The maximum absolute atomic E-state index is 12.3. The number of imide groups is 1. The summed E-state index contributed by atoms with van der Waals surface area (Å²) in [4.78, 5) is 45.1. The number of likely N-dealkylation sites (tertiary alicyclic amines) is 1. The number of amides is 2. The summed E-state index contributed by atoms with van der Waals surface area (Å²) in [5, 5.41) is 16.3. The fourth-order valence-electron chi connectivity index (χ4n) is 3.04. The first kappa shape index (κ1) is 20.5. The molecule has 0 spiro atoms. The quantitative estimate of drug-likeness (QED) is 0.546. The van der Waals surface area contributed by atoms with Crippen molar-refractivity contribution in [2.75, 3.05) is 39.4 Å². The molecule has 1 aromatic carbocycles. The van der Waals surface area contributed by atoms with Gasteiger partial charge in [0, 0.05) is 18.9 Å². The third-order valence-corrected chi connectivity index (χ3v) is 4.47. The second-order valence-corrected chi connectivity index (χ2v) is 6.34. The number of ether oxygens (including phenoxy) is 1. The first-order valence-corrected chi connectivity index (χ1v) is 8.62. The van der Waals surface area contributed by atoms with Crippen LogP contribution in [0.1, 0.15) is 17.9 Å². The van der Waals surface area contributed by atoms with Crippen molar-refractivity contribution in [2.24, 2.45) is 0 Å². The number of hydrogen-bond donors (Lipinski definition) is 2. The minimum atomic E-state index is -2.07. The van der Waals surface area contributed by atoms with E-state index in [9.17, 15) is 9.59 Å². The predicted molar refractivity (Wildman–Crippen MR) is 89.5 cm³/mol. The molecule has 3 rings (SSSR count). The normalized spacial score (nSPS) is 19.9. The largest absolute Gasteiger partial charge is 0.539 e. The first-order chi connectivity index (χ1) is 12.9. The van der Waals surface area contributed by atoms with Crippen molar-refractivity contribution in [1.29, 1.82) is 0 Å². The van der Waals surface area contributed by atoms with Crippen molar-refractivity contribution in [3.05, 3.63) is 35.9 Å². The van der Waals surface area contributed by atoms with Crippen LogP contribution in [0.5, 0.6) is 0 Å². The highest BCUT2D eigenvalue weighted by Crippen LogP contribution is 2.27. The molecular weight excluding hydrogens is 356 g/mol. The van der Waals surface area contributed by atoms with E-state index in [0.717, 1.165) is 18.7 Å². The summed E-state index contributed by atoms with van der Waals surface area (Å²) >= 11 is 0. The van der Waals surface area contributed by atoms with Gasteiger partial charge in [-0.05, 0) is 5.56 Å². The molecule has 1 atom stereocenters. The van der Waals surface area contributed by atoms with Gasteiger partial charge in [0.1, 0.15) is 13.1 Å². The smallest absolute Gasteiger partial charge is 0.351 e. The lowest BCUT2D eigenvalue weighted by Gasteiger charge is -2.24. The highest BCUT2D eigenvalue weighted by atomic mass is 16.5. The van der Waals surface area contributed by atoms with Crippen molar-refractivity contribution < 1.29 is 39.0 Å². The van der Waals surface area contributed by atoms with Crippen molar-refractivity contribution in [2.45, 2.75) is 12.3 Å². The monoisotopic (exact) mass is 378 g/mol. The molecule has 1 aromatic rings. The summed E-state index contributed by atoms with van der Waals surface area (Å²) < 4.78 is 5.29. The van der Waals surface area contributed by atoms with Gasteiger partial charge in [-0.25, -0.2) is 4.79 Å². The summed E-state index contributed by atoms with van der Waals surface area (Å²) in [7, 11) is 0. The third-order valence-electron chi connectivity index (χ3n) is 4.47. The number of carboxylic acid groups (broad SMARTS) is 2. The molecule has 27 heavy (non-hydrogen) atoms. The standard InChI is InChI=1S/C16H20N2O3.C2H2O4/c19-15-10-14(13-4-2-1-3-5-13)11-18(15)16(20)12-17-6-8-21-9-7-17;3-1(4)2(5)6/h1-5,14H,6-12H2;(H,3,4)(H,5,6). The minimum Gasteiger partial charge on any atom is -0.539 e. The van der Waals surface area contributed by atoms with Crippen LogP contribution >= 0.6 is 0 Å². The number of hydrogen-bond acceptors (Lipinski definition) is 6. The van der Waals surface area contributed by atoms with Gasteiger partial charge in [-0.15, -0.1) is 0 Å². The van der Waals surface area contributed by atoms with Crippen LogP contribution in [0.4, 0.5) is 0 Å². The molecular formula is C18H22N2O7. The Morgan fingerprint density at radius 3 is 2.33 bits per heavy atom. The van der Waals surface area contributed by atoms with Crippen molar-refractivity contribution in [1.82, 2.24) is 4.90 Å². The van der Waals surface area contributed by atoms with E-state index in [0.29, 0.717) is 32.7 Å². The van der Waals surface area contributed by atoms with Crippen LogP contribution in [-0.4, -0.2) is 73.2 Å². The molecule has 2 saturated heterocycles. The molecule has 2 aliphatic rings. The van der Waals surface area contributed by atoms with Gasteiger partial charge < -0.3 is 24.6 Å². The lowest BCUT2D eigenvalue weighted by atomic mass is 9.99. The van der Waals surface area contributed by atoms with Crippen molar-refractivity contribution in [3.63, 3.8) is 0 Å². The molecule has 146 valence electrons. The SMILES string of the molecule is O=C([O-])C(=O)O.O=C1CC(c2ccccc2)CN1C(=O)C[NH+]1CCOCC1. The molecule has 0 radical (unpaired) electrons. The summed E-state index contributed by atoms with van der Waals surface area (Å²) in [5.41, 5.74) is 1.14. The summed E-state index contributed by atoms with van der Waals surface area (Å²) in [6, 6.07) is 9.97. The Kier molecular flexibility index (Phi) is 7.44. The number of quaternary nitrogens is 1. The van der Waals surface area contributed by atoms with E-state index >= 15 is 0 Å². The molecule has 1 unspecified atom stereocenters. The van der Waals surface area contributed by atoms with E-state index in [4.69, 9.17) is 24.5 Å². The Bertz CT molecular complexity index is 674. The fourth-order valence-corrected chi connectivity index (χ4v) is 3.04. The second-order valence-electron chi connectivity index (χ2n) is 6.34. The third kappa shape index (κ3) is 6.15. The summed E-state index contributed by atoms with van der Waals surface area (Å²) in [6.07, 6.45) is 0.439. The molecule has 0 bridgehead atoms. The first-order valence-electron chi connectivity index (χ1n) is 8.62. The van der Waals surface area contributed by atoms with E-state index in [-0.39, 0.29) is 17.7 Å². The predicted octanol–water partition coefficient (Wildman–Crippen LogP) is -2.73. The van der Waals surface area contributed by atoms with Gasteiger partial charge in [0.15, 0.2) is 12.5 Å². The molecule has 2 heterocycles. The number of rotatable bonds is 3. The number of nitrogens with one attached hydrogen (secondary N) is 1. The fraction of sp³-hybridized carbons (Fsp3) is 0.444. The van der Waals surface area contributed by atoms with Gasteiger partial charge in [-0.2, -0.15) is 0 Å². The summed E-state index contributed by atoms with van der Waals surface area (Å²) in [5.74, 6) is -3.95. The van der Waals surface area contributed by atoms with Crippen LogP contribution in [-0.2, 0) is 23.9 Å². The molecule has 2 N–H and O–H groups in total. The highest BCUT2D eigenvalue weighted by molar-refractivity contribution is 6.26. The van der Waals surface area contributed by atoms with Gasteiger partial charge in [0.05, 0.1) is 13.2 Å². The number of carboxylic acids is 2. The molecule has 0 aliphatic carbocycles. The van der Waals surface area contributed by atoms with Gasteiger partial charge in [-0.3, -0.25) is 14.5 Å². The van der Waals surface area contributed by atoms with E-state index in [1.54, 1.807) is 0 Å². The number of morpholine rings is 1. The number of benzene rings is 1.